The number of carbonyl (C=O) groups excluding carboxylic acids is 1. The van der Waals surface area contributed by atoms with Crippen LogP contribution in [0.2, 0.25) is 0 Å². The van der Waals surface area contributed by atoms with E-state index in [9.17, 15) is 4.79 Å². The highest BCUT2D eigenvalue weighted by Gasteiger charge is 2.43. The molecule has 5 heteroatoms. The second-order valence-electron chi connectivity index (χ2n) is 5.58. The van der Waals surface area contributed by atoms with Gasteiger partial charge < -0.3 is 9.80 Å². The highest BCUT2D eigenvalue weighted by Crippen LogP contribution is 2.38. The lowest BCUT2D eigenvalue weighted by atomic mass is 9.88. The van der Waals surface area contributed by atoms with Crippen LogP contribution < -0.4 is 4.90 Å². The normalized spacial score (nSPS) is 27.9. The molecular formula is C14H20N4O. The summed E-state index contributed by atoms with van der Waals surface area (Å²) >= 11 is 0. The van der Waals surface area contributed by atoms with E-state index >= 15 is 0 Å². The monoisotopic (exact) mass is 260 g/mol. The zero-order valence-corrected chi connectivity index (χ0v) is 11.4. The Hall–Kier alpha value is -1.65. The molecule has 2 aliphatic rings. The van der Waals surface area contributed by atoms with Crippen molar-refractivity contribution in [3.8, 4) is 0 Å². The predicted molar refractivity (Wildman–Crippen MR) is 72.8 cm³/mol. The highest BCUT2D eigenvalue weighted by atomic mass is 16.2. The van der Waals surface area contributed by atoms with Crippen LogP contribution >= 0.6 is 0 Å². The molecule has 0 N–H and O–H groups in total. The number of aromatic nitrogens is 2. The molecule has 1 unspecified atom stereocenters. The second-order valence-corrected chi connectivity index (χ2v) is 5.58. The van der Waals surface area contributed by atoms with E-state index in [0.717, 1.165) is 44.6 Å². The van der Waals surface area contributed by atoms with Crippen LogP contribution in [-0.2, 0) is 4.79 Å². The van der Waals surface area contributed by atoms with E-state index in [1.54, 1.807) is 12.4 Å². The molecule has 19 heavy (non-hydrogen) atoms. The lowest BCUT2D eigenvalue weighted by Crippen LogP contribution is -2.43. The number of anilines is 1. The predicted octanol–water partition coefficient (Wildman–Crippen LogP) is 1.46. The van der Waals surface area contributed by atoms with Gasteiger partial charge in [0.05, 0.1) is 6.20 Å². The Morgan fingerprint density at radius 2 is 2.11 bits per heavy atom. The van der Waals surface area contributed by atoms with Gasteiger partial charge in [0.1, 0.15) is 5.82 Å². The number of likely N-dealkylation sites (tertiary alicyclic amines) is 1. The van der Waals surface area contributed by atoms with Crippen LogP contribution in [0.25, 0.3) is 0 Å². The van der Waals surface area contributed by atoms with Crippen molar-refractivity contribution in [2.75, 3.05) is 25.0 Å². The first-order chi connectivity index (χ1) is 9.21. The molecule has 0 aliphatic carbocycles. The fraction of sp³-hybridized carbons (Fsp3) is 0.643. The summed E-state index contributed by atoms with van der Waals surface area (Å²) in [6, 6.07) is 0. The number of rotatable bonds is 1. The van der Waals surface area contributed by atoms with Gasteiger partial charge in [0.2, 0.25) is 5.91 Å². The summed E-state index contributed by atoms with van der Waals surface area (Å²) in [6.07, 6.45) is 10.2. The molecule has 1 atom stereocenters. The van der Waals surface area contributed by atoms with Gasteiger partial charge in [-0.05, 0) is 25.7 Å². The molecule has 0 aromatic carbocycles. The molecule has 1 amide bonds. The molecule has 0 radical (unpaired) electrons. The van der Waals surface area contributed by atoms with Crippen molar-refractivity contribution in [2.24, 2.45) is 0 Å². The number of carbonyl (C=O) groups is 1. The molecule has 2 saturated heterocycles. The highest BCUT2D eigenvalue weighted by molar-refractivity contribution is 5.79. The summed E-state index contributed by atoms with van der Waals surface area (Å²) < 4.78 is 0. The Balaban J connectivity index is 1.75. The zero-order valence-electron chi connectivity index (χ0n) is 11.4. The lowest BCUT2D eigenvalue weighted by molar-refractivity contribution is -0.129. The molecule has 0 bridgehead atoms. The van der Waals surface area contributed by atoms with E-state index in [-0.39, 0.29) is 5.54 Å². The van der Waals surface area contributed by atoms with Gasteiger partial charge in [-0.25, -0.2) is 4.98 Å². The van der Waals surface area contributed by atoms with E-state index in [1.807, 2.05) is 18.1 Å². The van der Waals surface area contributed by atoms with Crippen molar-refractivity contribution >= 4 is 11.7 Å². The van der Waals surface area contributed by atoms with E-state index < -0.39 is 0 Å². The van der Waals surface area contributed by atoms with E-state index in [1.165, 1.54) is 0 Å². The zero-order chi connectivity index (χ0) is 13.3. The van der Waals surface area contributed by atoms with Crippen LogP contribution in [-0.4, -0.2) is 46.5 Å². The first-order valence-corrected chi connectivity index (χ1v) is 6.99. The largest absolute Gasteiger partial charge is 0.355 e. The summed E-state index contributed by atoms with van der Waals surface area (Å²) in [5.41, 5.74) is 0.0913. The molecule has 1 aromatic heterocycles. The molecule has 1 spiro atoms. The second kappa shape index (κ2) is 4.79. The fourth-order valence-corrected chi connectivity index (χ4v) is 3.39. The average Bonchev–Trinajstić information content (AvgIpc) is 2.65. The first kappa shape index (κ1) is 12.4. The van der Waals surface area contributed by atoms with Gasteiger partial charge in [0.25, 0.3) is 0 Å². The minimum atomic E-state index is 0.0913. The van der Waals surface area contributed by atoms with Crippen molar-refractivity contribution < 1.29 is 4.79 Å². The third-order valence-electron chi connectivity index (χ3n) is 4.68. The van der Waals surface area contributed by atoms with Gasteiger partial charge >= 0.3 is 0 Å². The minimum Gasteiger partial charge on any atom is -0.355 e. The summed E-state index contributed by atoms with van der Waals surface area (Å²) in [5.74, 6) is 1.25. The minimum absolute atomic E-state index is 0.0913. The van der Waals surface area contributed by atoms with Crippen molar-refractivity contribution in [1.29, 1.82) is 0 Å². The summed E-state index contributed by atoms with van der Waals surface area (Å²) in [5, 5.41) is 0. The Morgan fingerprint density at radius 1 is 1.21 bits per heavy atom. The van der Waals surface area contributed by atoms with Crippen molar-refractivity contribution in [3.63, 3.8) is 0 Å². The third-order valence-corrected chi connectivity index (χ3v) is 4.68. The van der Waals surface area contributed by atoms with Gasteiger partial charge in [0.15, 0.2) is 0 Å². The van der Waals surface area contributed by atoms with E-state index in [4.69, 9.17) is 0 Å². The van der Waals surface area contributed by atoms with Gasteiger partial charge in [-0.2, -0.15) is 0 Å². The Kier molecular flexibility index (Phi) is 3.12. The molecule has 3 rings (SSSR count). The quantitative estimate of drug-likeness (QED) is 0.767. The number of amides is 1. The molecule has 3 heterocycles. The SMILES string of the molecule is CN1C(=O)CCC12CCCN(c1cnccn1)CC2. The number of hydrogen-bond acceptors (Lipinski definition) is 4. The van der Waals surface area contributed by atoms with E-state index in [2.05, 4.69) is 14.9 Å². The molecular weight excluding hydrogens is 240 g/mol. The maximum atomic E-state index is 11.8. The molecule has 0 saturated carbocycles. The average molecular weight is 260 g/mol. The lowest BCUT2D eigenvalue weighted by Gasteiger charge is -2.35. The third kappa shape index (κ3) is 2.17. The van der Waals surface area contributed by atoms with Crippen molar-refractivity contribution in [1.82, 2.24) is 14.9 Å². The molecule has 5 nitrogen and oxygen atoms in total. The standard InChI is InChI=1S/C14H20N4O/c1-17-13(19)3-5-14(17)4-2-9-18(10-6-14)12-11-15-7-8-16-12/h7-8,11H,2-6,9-10H2,1H3. The van der Waals surface area contributed by atoms with Gasteiger partial charge in [-0.1, -0.05) is 0 Å². The Labute approximate surface area is 113 Å². The molecule has 2 aliphatic heterocycles. The first-order valence-electron chi connectivity index (χ1n) is 6.99. The van der Waals surface area contributed by atoms with Gasteiger partial charge in [-0.3, -0.25) is 9.78 Å². The Bertz CT molecular complexity index is 464. The van der Waals surface area contributed by atoms with Crippen LogP contribution in [0.15, 0.2) is 18.6 Å². The topological polar surface area (TPSA) is 49.3 Å². The molecule has 1 aromatic rings. The van der Waals surface area contributed by atoms with Crippen LogP contribution in [0.5, 0.6) is 0 Å². The maximum Gasteiger partial charge on any atom is 0.222 e. The summed E-state index contributed by atoms with van der Waals surface area (Å²) in [6.45, 7) is 1.96. The van der Waals surface area contributed by atoms with Crippen molar-refractivity contribution in [3.05, 3.63) is 18.6 Å². The number of nitrogens with zero attached hydrogens (tertiary/aromatic N) is 4. The molecule has 102 valence electrons. The summed E-state index contributed by atoms with van der Waals surface area (Å²) in [4.78, 5) is 24.6. The fourth-order valence-electron chi connectivity index (χ4n) is 3.39. The van der Waals surface area contributed by atoms with Crippen LogP contribution in [0.4, 0.5) is 5.82 Å². The van der Waals surface area contributed by atoms with Gasteiger partial charge in [0, 0.05) is 44.5 Å². The smallest absolute Gasteiger partial charge is 0.222 e. The van der Waals surface area contributed by atoms with Gasteiger partial charge in [-0.15, -0.1) is 0 Å². The molecule has 2 fully saturated rings. The Morgan fingerprint density at radius 3 is 2.79 bits per heavy atom. The van der Waals surface area contributed by atoms with Crippen LogP contribution in [0.1, 0.15) is 32.1 Å². The van der Waals surface area contributed by atoms with Crippen LogP contribution in [0.3, 0.4) is 0 Å². The van der Waals surface area contributed by atoms with E-state index in [0.29, 0.717) is 12.3 Å². The van der Waals surface area contributed by atoms with Crippen molar-refractivity contribution in [2.45, 2.75) is 37.6 Å². The van der Waals surface area contributed by atoms with Crippen LogP contribution in [0, 0.1) is 0 Å². The summed E-state index contributed by atoms with van der Waals surface area (Å²) in [7, 11) is 1.97. The number of hydrogen-bond donors (Lipinski definition) is 0. The maximum absolute atomic E-state index is 11.8.